The second-order valence-electron chi connectivity index (χ2n) is 3.42. The zero-order valence-electron chi connectivity index (χ0n) is 8.35. The summed E-state index contributed by atoms with van der Waals surface area (Å²) in [6.45, 7) is 0. The smallest absolute Gasteiger partial charge is 0.299 e. The zero-order chi connectivity index (χ0) is 12.2. The van der Waals surface area contributed by atoms with E-state index in [-0.39, 0.29) is 6.42 Å². The number of hydrogen-bond acceptors (Lipinski definition) is 1. The van der Waals surface area contributed by atoms with Gasteiger partial charge < -0.3 is 0 Å². The molecule has 0 N–H and O–H groups in total. The first-order valence-corrected chi connectivity index (χ1v) is 5.49. The molecule has 1 aromatic rings. The highest BCUT2D eigenvalue weighted by Gasteiger charge is 2.27. The summed E-state index contributed by atoms with van der Waals surface area (Å²) in [6.07, 6.45) is -5.72. The van der Waals surface area contributed by atoms with Crippen LogP contribution in [0, 0.1) is 0 Å². The maximum Gasteiger partial charge on any atom is 0.389 e. The minimum atomic E-state index is -4.26. The fraction of sp³-hybridized carbons (Fsp3) is 0.364. The van der Waals surface area contributed by atoms with Crippen molar-refractivity contribution in [2.45, 2.75) is 25.4 Å². The Morgan fingerprint density at radius 2 is 1.88 bits per heavy atom. The van der Waals surface area contributed by atoms with Crippen molar-refractivity contribution in [3.8, 4) is 0 Å². The van der Waals surface area contributed by atoms with Gasteiger partial charge in [-0.3, -0.25) is 4.79 Å². The van der Waals surface area contributed by atoms with Gasteiger partial charge in [-0.15, -0.1) is 0 Å². The van der Waals surface area contributed by atoms with Gasteiger partial charge in [0.05, 0.1) is 6.42 Å². The molecule has 0 atom stereocenters. The third-order valence-corrected chi connectivity index (χ3v) is 2.81. The molecule has 1 nitrogen and oxygen atoms in total. The Hall–Kier alpha value is -0.840. The summed E-state index contributed by atoms with van der Waals surface area (Å²) in [5.74, 6) is -0.399. The molecule has 0 radical (unpaired) electrons. The molecule has 16 heavy (non-hydrogen) atoms. The summed E-state index contributed by atoms with van der Waals surface area (Å²) in [7, 11) is 0. The van der Waals surface area contributed by atoms with E-state index in [1.807, 2.05) is 0 Å². The van der Waals surface area contributed by atoms with Crippen molar-refractivity contribution in [2.24, 2.45) is 0 Å². The van der Waals surface area contributed by atoms with Gasteiger partial charge in [-0.2, -0.15) is 13.2 Å². The molecular formula is C11H10BrF3O. The van der Waals surface area contributed by atoms with Gasteiger partial charge >= 0.3 is 6.18 Å². The molecule has 0 aliphatic heterocycles. The Kier molecular flexibility index (Phi) is 4.53. The highest BCUT2D eigenvalue weighted by molar-refractivity contribution is 9.10. The molecule has 0 aliphatic rings. The number of ketones is 1. The van der Waals surface area contributed by atoms with E-state index in [0.717, 1.165) is 10.0 Å². The largest absolute Gasteiger partial charge is 0.389 e. The first-order valence-electron chi connectivity index (χ1n) is 4.70. The number of carbonyl (C=O) groups excluding carboxylic acids is 1. The standard InChI is InChI=1S/C11H10BrF3O/c12-10-4-2-1-3-8(10)7-9(16)5-6-11(13,14)15/h1-4H,5-7H2. The van der Waals surface area contributed by atoms with Crippen LogP contribution >= 0.6 is 15.9 Å². The average Bonchev–Trinajstić information content (AvgIpc) is 2.18. The highest BCUT2D eigenvalue weighted by Crippen LogP contribution is 2.23. The molecule has 0 heterocycles. The van der Waals surface area contributed by atoms with Crippen LogP contribution in [0.15, 0.2) is 28.7 Å². The maximum absolute atomic E-state index is 11.9. The van der Waals surface area contributed by atoms with E-state index in [2.05, 4.69) is 15.9 Å². The van der Waals surface area contributed by atoms with E-state index >= 15 is 0 Å². The van der Waals surface area contributed by atoms with Gasteiger partial charge in [0, 0.05) is 17.3 Å². The van der Waals surface area contributed by atoms with E-state index in [4.69, 9.17) is 0 Å². The minimum Gasteiger partial charge on any atom is -0.299 e. The first-order chi connectivity index (χ1) is 7.38. The van der Waals surface area contributed by atoms with Gasteiger partial charge in [-0.05, 0) is 11.6 Å². The Bertz CT molecular complexity index is 374. The van der Waals surface area contributed by atoms with Crippen LogP contribution in [0.5, 0.6) is 0 Å². The molecule has 1 aromatic carbocycles. The molecule has 88 valence electrons. The summed E-state index contributed by atoms with van der Waals surface area (Å²) in [5.41, 5.74) is 0.717. The van der Waals surface area contributed by atoms with Crippen LogP contribution in [-0.2, 0) is 11.2 Å². The van der Waals surface area contributed by atoms with Crippen LogP contribution in [0.3, 0.4) is 0 Å². The zero-order valence-corrected chi connectivity index (χ0v) is 9.94. The molecule has 0 spiro atoms. The van der Waals surface area contributed by atoms with E-state index in [0.29, 0.717) is 0 Å². The quantitative estimate of drug-likeness (QED) is 0.823. The lowest BCUT2D eigenvalue weighted by Gasteiger charge is -2.06. The summed E-state index contributed by atoms with van der Waals surface area (Å²) in [4.78, 5) is 11.3. The third kappa shape index (κ3) is 4.79. The maximum atomic E-state index is 11.9. The summed E-state index contributed by atoms with van der Waals surface area (Å²) >= 11 is 3.24. The van der Waals surface area contributed by atoms with Crippen LogP contribution in [0.2, 0.25) is 0 Å². The Morgan fingerprint density at radius 1 is 1.25 bits per heavy atom. The van der Waals surface area contributed by atoms with Gasteiger partial charge in [0.2, 0.25) is 0 Å². The van der Waals surface area contributed by atoms with Gasteiger partial charge in [0.15, 0.2) is 0 Å². The number of halogens is 4. The molecule has 0 bridgehead atoms. The SMILES string of the molecule is O=C(CCC(F)(F)F)Cc1ccccc1Br. The molecule has 1 rings (SSSR count). The number of benzene rings is 1. The van der Waals surface area contributed by atoms with E-state index in [9.17, 15) is 18.0 Å². The predicted molar refractivity (Wildman–Crippen MR) is 58.1 cm³/mol. The van der Waals surface area contributed by atoms with Crippen LogP contribution < -0.4 is 0 Å². The Morgan fingerprint density at radius 3 is 2.44 bits per heavy atom. The van der Waals surface area contributed by atoms with E-state index in [1.165, 1.54) is 0 Å². The molecule has 0 aliphatic carbocycles. The fourth-order valence-corrected chi connectivity index (χ4v) is 1.65. The van der Waals surface area contributed by atoms with Gasteiger partial charge in [0.25, 0.3) is 0 Å². The summed E-state index contributed by atoms with van der Waals surface area (Å²) in [5, 5.41) is 0. The Balaban J connectivity index is 2.50. The fourth-order valence-electron chi connectivity index (χ4n) is 1.22. The number of rotatable bonds is 4. The lowest BCUT2D eigenvalue weighted by Crippen LogP contribution is -2.12. The van der Waals surface area contributed by atoms with E-state index in [1.54, 1.807) is 24.3 Å². The monoisotopic (exact) mass is 294 g/mol. The van der Waals surface area contributed by atoms with Crippen molar-refractivity contribution in [2.75, 3.05) is 0 Å². The van der Waals surface area contributed by atoms with Crippen molar-refractivity contribution < 1.29 is 18.0 Å². The normalized spacial score (nSPS) is 11.5. The molecule has 0 fully saturated rings. The third-order valence-electron chi connectivity index (χ3n) is 2.03. The first kappa shape index (κ1) is 13.2. The average molecular weight is 295 g/mol. The van der Waals surface area contributed by atoms with Crippen LogP contribution in [-0.4, -0.2) is 12.0 Å². The number of carbonyl (C=O) groups is 1. The lowest BCUT2D eigenvalue weighted by molar-refractivity contribution is -0.143. The van der Waals surface area contributed by atoms with Gasteiger partial charge in [-0.25, -0.2) is 0 Å². The molecule has 0 saturated carbocycles. The lowest BCUT2D eigenvalue weighted by atomic mass is 10.1. The van der Waals surface area contributed by atoms with Crippen LogP contribution in [0.4, 0.5) is 13.2 Å². The van der Waals surface area contributed by atoms with Crippen LogP contribution in [0.25, 0.3) is 0 Å². The van der Waals surface area contributed by atoms with Gasteiger partial charge in [-0.1, -0.05) is 34.1 Å². The number of alkyl halides is 3. The van der Waals surface area contributed by atoms with Crippen molar-refractivity contribution in [3.05, 3.63) is 34.3 Å². The highest BCUT2D eigenvalue weighted by atomic mass is 79.9. The molecule has 5 heteroatoms. The van der Waals surface area contributed by atoms with Crippen molar-refractivity contribution in [3.63, 3.8) is 0 Å². The summed E-state index contributed by atoms with van der Waals surface area (Å²) < 4.78 is 36.4. The van der Waals surface area contributed by atoms with Crippen LogP contribution in [0.1, 0.15) is 18.4 Å². The summed E-state index contributed by atoms with van der Waals surface area (Å²) in [6, 6.07) is 7.01. The molecule has 0 aromatic heterocycles. The minimum absolute atomic E-state index is 0.0392. The van der Waals surface area contributed by atoms with Gasteiger partial charge in [0.1, 0.15) is 5.78 Å². The number of hydrogen-bond donors (Lipinski definition) is 0. The second-order valence-corrected chi connectivity index (χ2v) is 4.28. The van der Waals surface area contributed by atoms with Crippen molar-refractivity contribution >= 4 is 21.7 Å². The molecular weight excluding hydrogens is 285 g/mol. The molecule has 0 unspecified atom stereocenters. The van der Waals surface area contributed by atoms with Crippen molar-refractivity contribution in [1.82, 2.24) is 0 Å². The predicted octanol–water partition coefficient (Wildman–Crippen LogP) is 3.90. The number of Topliss-reactive ketones (excluding diaryl/α,β-unsaturated/α-hetero) is 1. The molecule has 0 saturated heterocycles. The Labute approximate surface area is 99.8 Å². The molecule has 0 amide bonds. The second kappa shape index (κ2) is 5.48. The topological polar surface area (TPSA) is 17.1 Å². The van der Waals surface area contributed by atoms with E-state index < -0.39 is 24.8 Å². The van der Waals surface area contributed by atoms with Crippen molar-refractivity contribution in [1.29, 1.82) is 0 Å².